The molecule has 0 aromatic heterocycles. The van der Waals surface area contributed by atoms with Crippen molar-refractivity contribution in [3.8, 4) is 0 Å². The van der Waals surface area contributed by atoms with E-state index < -0.39 is 39.1 Å². The largest absolute Gasteiger partial charge is 0.320 e. The second-order valence-corrected chi connectivity index (χ2v) is 7.67. The Morgan fingerprint density at radius 2 is 1.57 bits per heavy atom. The van der Waals surface area contributed by atoms with Crippen LogP contribution in [0.1, 0.15) is 19.4 Å². The lowest BCUT2D eigenvalue weighted by atomic mass is 10.2. The Bertz CT molecular complexity index is 986. The number of sulfonamides is 1. The molecule has 0 saturated carbocycles. The van der Waals surface area contributed by atoms with Crippen molar-refractivity contribution < 1.29 is 26.4 Å². The van der Waals surface area contributed by atoms with Crippen molar-refractivity contribution in [2.45, 2.75) is 18.7 Å². The van der Waals surface area contributed by atoms with E-state index in [0.717, 1.165) is 6.08 Å². The Kier molecular flexibility index (Phi) is 6.98. The first kappa shape index (κ1) is 21.6. The number of anilines is 1. The number of benzene rings is 2. The van der Waals surface area contributed by atoms with E-state index in [1.54, 1.807) is 13.8 Å². The fraction of sp³-hybridized carbons (Fsp3) is 0.211. The minimum Gasteiger partial charge on any atom is -0.320 e. The topological polar surface area (TPSA) is 66.5 Å². The van der Waals surface area contributed by atoms with Crippen LogP contribution >= 0.6 is 0 Å². The van der Waals surface area contributed by atoms with Gasteiger partial charge in [-0.15, -0.1) is 0 Å². The zero-order valence-corrected chi connectivity index (χ0v) is 16.1. The molecule has 0 heterocycles. The molecule has 1 amide bonds. The first-order valence-corrected chi connectivity index (χ1v) is 9.86. The maximum atomic E-state index is 13.5. The molecule has 150 valence electrons. The lowest BCUT2D eigenvalue weighted by Crippen LogP contribution is -2.30. The molecule has 0 bridgehead atoms. The van der Waals surface area contributed by atoms with Crippen molar-refractivity contribution in [1.29, 1.82) is 0 Å². The number of rotatable bonds is 7. The Labute approximate surface area is 161 Å². The molecular formula is C19H19F3N2O3S. The lowest BCUT2D eigenvalue weighted by molar-refractivity contribution is -0.111. The normalized spacial score (nSPS) is 11.9. The molecule has 0 atom stereocenters. The summed E-state index contributed by atoms with van der Waals surface area (Å²) in [5.74, 6) is -4.51. The van der Waals surface area contributed by atoms with Gasteiger partial charge in [0.15, 0.2) is 11.6 Å². The molecule has 0 spiro atoms. The van der Waals surface area contributed by atoms with Gasteiger partial charge in [0.1, 0.15) is 5.82 Å². The van der Waals surface area contributed by atoms with Crippen LogP contribution < -0.4 is 5.32 Å². The van der Waals surface area contributed by atoms with Gasteiger partial charge in [0, 0.05) is 31.3 Å². The van der Waals surface area contributed by atoms with Crippen LogP contribution in [0.25, 0.3) is 6.08 Å². The minimum atomic E-state index is -3.58. The molecule has 2 aromatic carbocycles. The maximum absolute atomic E-state index is 13.5. The summed E-state index contributed by atoms with van der Waals surface area (Å²) in [7, 11) is -3.58. The highest BCUT2D eigenvalue weighted by atomic mass is 32.2. The number of amides is 1. The third-order valence-corrected chi connectivity index (χ3v) is 5.98. The summed E-state index contributed by atoms with van der Waals surface area (Å²) < 4.78 is 65.7. The van der Waals surface area contributed by atoms with Crippen molar-refractivity contribution in [1.82, 2.24) is 4.31 Å². The average molecular weight is 412 g/mol. The zero-order valence-electron chi connectivity index (χ0n) is 15.2. The minimum absolute atomic E-state index is 0.127. The Morgan fingerprint density at radius 3 is 2.14 bits per heavy atom. The van der Waals surface area contributed by atoms with Gasteiger partial charge in [-0.3, -0.25) is 4.79 Å². The number of carbonyl (C=O) groups excluding carboxylic acids is 1. The van der Waals surface area contributed by atoms with E-state index >= 15 is 0 Å². The summed E-state index contributed by atoms with van der Waals surface area (Å²) in [6, 6.07) is 6.74. The Balaban J connectivity index is 2.11. The van der Waals surface area contributed by atoms with Gasteiger partial charge in [0.25, 0.3) is 0 Å². The number of nitrogens with one attached hydrogen (secondary N) is 1. The molecule has 0 aliphatic carbocycles. The van der Waals surface area contributed by atoms with Gasteiger partial charge >= 0.3 is 0 Å². The molecule has 5 nitrogen and oxygen atoms in total. The summed E-state index contributed by atoms with van der Waals surface area (Å²) in [5.41, 5.74) is 0.0358. The third-order valence-electron chi connectivity index (χ3n) is 3.92. The standard InChI is InChI=1S/C19H19F3N2O3S/c1-3-24(4-2)28(26,27)14-8-5-13(6-9-14)7-10-19(25)23-18-12-16(21)15(20)11-17(18)22/h5-12H,3-4H2,1-2H3,(H,23,25). The van der Waals surface area contributed by atoms with E-state index in [0.29, 0.717) is 30.8 Å². The summed E-state index contributed by atoms with van der Waals surface area (Å²) >= 11 is 0. The zero-order chi connectivity index (χ0) is 20.9. The van der Waals surface area contributed by atoms with Gasteiger partial charge in [-0.05, 0) is 23.8 Å². The Morgan fingerprint density at radius 1 is 1.00 bits per heavy atom. The molecule has 2 rings (SSSR count). The highest BCUT2D eigenvalue weighted by Gasteiger charge is 2.21. The van der Waals surface area contributed by atoms with Crippen LogP contribution in [0.3, 0.4) is 0 Å². The van der Waals surface area contributed by atoms with Gasteiger partial charge < -0.3 is 5.32 Å². The van der Waals surface area contributed by atoms with E-state index in [2.05, 4.69) is 5.32 Å². The van der Waals surface area contributed by atoms with Crippen LogP contribution in [0.5, 0.6) is 0 Å². The van der Waals surface area contributed by atoms with Crippen molar-refractivity contribution >= 4 is 27.7 Å². The average Bonchev–Trinajstić information content (AvgIpc) is 2.65. The summed E-state index contributed by atoms with van der Waals surface area (Å²) in [6.45, 7) is 4.18. The van der Waals surface area contributed by atoms with E-state index in [1.165, 1.54) is 34.6 Å². The second-order valence-electron chi connectivity index (χ2n) is 5.73. The number of carbonyl (C=O) groups is 1. The monoisotopic (exact) mass is 412 g/mol. The number of halogens is 3. The lowest BCUT2D eigenvalue weighted by Gasteiger charge is -2.18. The molecule has 0 radical (unpaired) electrons. The number of hydrogen-bond acceptors (Lipinski definition) is 3. The summed E-state index contributed by atoms with van der Waals surface area (Å²) in [6.07, 6.45) is 2.44. The fourth-order valence-electron chi connectivity index (χ4n) is 2.43. The van der Waals surface area contributed by atoms with E-state index in [1.807, 2.05) is 0 Å². The number of nitrogens with zero attached hydrogens (tertiary/aromatic N) is 1. The second kappa shape index (κ2) is 9.03. The molecule has 9 heteroatoms. The van der Waals surface area contributed by atoms with Gasteiger partial charge in [-0.1, -0.05) is 26.0 Å². The molecule has 0 saturated heterocycles. The predicted molar refractivity (Wildman–Crippen MR) is 101 cm³/mol. The predicted octanol–water partition coefficient (Wildman–Crippen LogP) is 3.79. The van der Waals surface area contributed by atoms with Crippen LogP contribution in [0.15, 0.2) is 47.4 Å². The van der Waals surface area contributed by atoms with Crippen molar-refractivity contribution in [3.63, 3.8) is 0 Å². The molecule has 0 unspecified atom stereocenters. The molecule has 0 aliphatic rings. The fourth-order valence-corrected chi connectivity index (χ4v) is 3.89. The van der Waals surface area contributed by atoms with Gasteiger partial charge in [0.2, 0.25) is 15.9 Å². The molecular weight excluding hydrogens is 393 g/mol. The van der Waals surface area contributed by atoms with Gasteiger partial charge in [-0.2, -0.15) is 4.31 Å². The molecule has 0 fully saturated rings. The highest BCUT2D eigenvalue weighted by Crippen LogP contribution is 2.19. The summed E-state index contributed by atoms with van der Waals surface area (Å²) in [5, 5.41) is 2.10. The van der Waals surface area contributed by atoms with Crippen molar-refractivity contribution in [2.75, 3.05) is 18.4 Å². The van der Waals surface area contributed by atoms with Crippen LogP contribution in [0.4, 0.5) is 18.9 Å². The van der Waals surface area contributed by atoms with Crippen LogP contribution in [-0.2, 0) is 14.8 Å². The van der Waals surface area contributed by atoms with Crippen LogP contribution in [-0.4, -0.2) is 31.7 Å². The molecule has 2 aromatic rings. The Hall–Kier alpha value is -2.65. The SMILES string of the molecule is CCN(CC)S(=O)(=O)c1ccc(C=CC(=O)Nc2cc(F)c(F)cc2F)cc1. The third kappa shape index (κ3) is 4.99. The van der Waals surface area contributed by atoms with E-state index in [-0.39, 0.29) is 4.90 Å². The van der Waals surface area contributed by atoms with Crippen molar-refractivity contribution in [3.05, 3.63) is 65.5 Å². The quantitative estimate of drug-likeness (QED) is 0.556. The first-order valence-electron chi connectivity index (χ1n) is 8.42. The first-order chi connectivity index (χ1) is 13.2. The van der Waals surface area contributed by atoms with E-state index in [9.17, 15) is 26.4 Å². The highest BCUT2D eigenvalue weighted by molar-refractivity contribution is 7.89. The van der Waals surface area contributed by atoms with E-state index in [4.69, 9.17) is 0 Å². The molecule has 0 aliphatic heterocycles. The van der Waals surface area contributed by atoms with Crippen molar-refractivity contribution in [2.24, 2.45) is 0 Å². The van der Waals surface area contributed by atoms with Gasteiger partial charge in [0.05, 0.1) is 10.6 Å². The molecule has 28 heavy (non-hydrogen) atoms. The van der Waals surface area contributed by atoms with Crippen LogP contribution in [0, 0.1) is 17.5 Å². The smallest absolute Gasteiger partial charge is 0.248 e. The maximum Gasteiger partial charge on any atom is 0.248 e. The number of hydrogen-bond donors (Lipinski definition) is 1. The van der Waals surface area contributed by atoms with Crippen LogP contribution in [0.2, 0.25) is 0 Å². The summed E-state index contributed by atoms with van der Waals surface area (Å²) in [4.78, 5) is 12.0. The molecule has 1 N–H and O–H groups in total. The van der Waals surface area contributed by atoms with Gasteiger partial charge in [-0.25, -0.2) is 21.6 Å².